The van der Waals surface area contributed by atoms with E-state index in [0.29, 0.717) is 17.1 Å². The Morgan fingerprint density at radius 3 is 2.52 bits per heavy atom. The van der Waals surface area contributed by atoms with E-state index >= 15 is 0 Å². The van der Waals surface area contributed by atoms with E-state index in [1.54, 1.807) is 0 Å². The molecule has 4 rings (SSSR count). The van der Waals surface area contributed by atoms with Crippen LogP contribution in [-0.2, 0) is 4.79 Å². The zero-order valence-electron chi connectivity index (χ0n) is 15.0. The van der Waals surface area contributed by atoms with Crippen LogP contribution in [0.3, 0.4) is 0 Å². The molecule has 0 heterocycles. The predicted molar refractivity (Wildman–Crippen MR) is 91.9 cm³/mol. The van der Waals surface area contributed by atoms with Crippen LogP contribution in [0, 0.1) is 40.9 Å². The third-order valence-electron chi connectivity index (χ3n) is 8.79. The maximum atomic E-state index is 12.3. The van der Waals surface area contributed by atoms with E-state index in [9.17, 15) is 9.90 Å². The van der Waals surface area contributed by atoms with Crippen molar-refractivity contribution in [3.63, 3.8) is 0 Å². The van der Waals surface area contributed by atoms with Crippen LogP contribution in [0.5, 0.6) is 0 Å². The molecule has 0 radical (unpaired) electrons. The molecule has 4 aliphatic rings. The number of ketones is 1. The molecule has 8 atom stereocenters. The molecule has 4 aliphatic carbocycles. The fourth-order valence-electron chi connectivity index (χ4n) is 7.93. The topological polar surface area (TPSA) is 37.3 Å². The molecule has 4 saturated carbocycles. The zero-order valence-corrected chi connectivity index (χ0v) is 15.0. The molecular formula is C21H34O2. The zero-order chi connectivity index (χ0) is 16.2. The van der Waals surface area contributed by atoms with Gasteiger partial charge in [0.2, 0.25) is 0 Å². The number of fused-ring (bicyclic) bond motifs is 5. The van der Waals surface area contributed by atoms with Gasteiger partial charge in [0.25, 0.3) is 0 Å². The Morgan fingerprint density at radius 1 is 1.00 bits per heavy atom. The van der Waals surface area contributed by atoms with Crippen molar-refractivity contribution in [2.75, 3.05) is 0 Å². The second-order valence-corrected chi connectivity index (χ2v) is 9.27. The predicted octanol–water partition coefficient (Wildman–Crippen LogP) is 4.60. The summed E-state index contributed by atoms with van der Waals surface area (Å²) in [6.45, 7) is 4.19. The van der Waals surface area contributed by atoms with Crippen molar-refractivity contribution in [3.05, 3.63) is 0 Å². The standard InChI is InChI=1S/C21H34O2/c1-3-21-11-10-17-16-7-5-15(23)12-14(16)4-6-18(17)20(21)9-8-19(21)13(2)22/h14-20,23H,3-12H2,1-2H3/t14-,15+,16-,17+,18+,19+,20-,21+/m0/s1. The number of carbonyl (C=O) groups is 1. The van der Waals surface area contributed by atoms with Gasteiger partial charge in [-0.2, -0.15) is 0 Å². The van der Waals surface area contributed by atoms with Gasteiger partial charge in [0, 0.05) is 5.92 Å². The van der Waals surface area contributed by atoms with Gasteiger partial charge in [0.05, 0.1) is 6.10 Å². The molecule has 0 aromatic rings. The number of hydrogen-bond donors (Lipinski definition) is 1. The summed E-state index contributed by atoms with van der Waals surface area (Å²) in [5.74, 6) is 5.07. The largest absolute Gasteiger partial charge is 0.393 e. The van der Waals surface area contributed by atoms with Crippen LogP contribution in [0.2, 0.25) is 0 Å². The molecule has 0 saturated heterocycles. The van der Waals surface area contributed by atoms with Crippen molar-refractivity contribution in [3.8, 4) is 0 Å². The van der Waals surface area contributed by atoms with Crippen LogP contribution < -0.4 is 0 Å². The van der Waals surface area contributed by atoms with Crippen LogP contribution in [0.25, 0.3) is 0 Å². The lowest BCUT2D eigenvalue weighted by Gasteiger charge is -2.56. The number of carbonyl (C=O) groups excluding carboxylic acids is 1. The Balaban J connectivity index is 1.59. The molecule has 4 fully saturated rings. The fourth-order valence-corrected chi connectivity index (χ4v) is 7.93. The smallest absolute Gasteiger partial charge is 0.133 e. The molecule has 0 aromatic heterocycles. The second kappa shape index (κ2) is 5.86. The average molecular weight is 319 g/mol. The first kappa shape index (κ1) is 16.1. The van der Waals surface area contributed by atoms with Gasteiger partial charge in [-0.1, -0.05) is 6.92 Å². The van der Waals surface area contributed by atoms with E-state index < -0.39 is 0 Å². The molecule has 2 heteroatoms. The number of Topliss-reactive ketones (excluding diaryl/α,β-unsaturated/α-hetero) is 1. The quantitative estimate of drug-likeness (QED) is 0.808. The second-order valence-electron chi connectivity index (χ2n) is 9.27. The highest BCUT2D eigenvalue weighted by molar-refractivity contribution is 5.79. The monoisotopic (exact) mass is 318 g/mol. The number of hydrogen-bond acceptors (Lipinski definition) is 2. The summed E-state index contributed by atoms with van der Waals surface area (Å²) in [7, 11) is 0. The first-order valence-electron chi connectivity index (χ1n) is 10.3. The van der Waals surface area contributed by atoms with Crippen molar-refractivity contribution in [1.29, 1.82) is 0 Å². The molecule has 0 aliphatic heterocycles. The molecule has 2 nitrogen and oxygen atoms in total. The maximum absolute atomic E-state index is 12.3. The summed E-state index contributed by atoms with van der Waals surface area (Å²) in [5.41, 5.74) is 0.341. The van der Waals surface area contributed by atoms with Gasteiger partial charge in [0.15, 0.2) is 0 Å². The van der Waals surface area contributed by atoms with Crippen LogP contribution >= 0.6 is 0 Å². The number of aliphatic hydroxyl groups is 1. The number of aliphatic hydroxyl groups excluding tert-OH is 1. The van der Waals surface area contributed by atoms with Crippen molar-refractivity contribution in [2.24, 2.45) is 40.9 Å². The summed E-state index contributed by atoms with van der Waals surface area (Å²) in [6.07, 6.45) is 12.4. The van der Waals surface area contributed by atoms with Gasteiger partial charge in [-0.15, -0.1) is 0 Å². The molecule has 1 N–H and O–H groups in total. The Morgan fingerprint density at radius 2 is 1.78 bits per heavy atom. The van der Waals surface area contributed by atoms with Gasteiger partial charge in [0.1, 0.15) is 5.78 Å². The van der Waals surface area contributed by atoms with E-state index in [0.717, 1.165) is 48.9 Å². The van der Waals surface area contributed by atoms with E-state index in [1.165, 1.54) is 44.9 Å². The molecule has 130 valence electrons. The fraction of sp³-hybridized carbons (Fsp3) is 0.952. The molecule has 23 heavy (non-hydrogen) atoms. The summed E-state index contributed by atoms with van der Waals surface area (Å²) in [5, 5.41) is 10.0. The molecular weight excluding hydrogens is 284 g/mol. The normalized spacial score (nSPS) is 52.4. The van der Waals surface area contributed by atoms with E-state index in [1.807, 2.05) is 6.92 Å². The molecule has 0 bridgehead atoms. The molecule has 0 aromatic carbocycles. The average Bonchev–Trinajstić information content (AvgIpc) is 2.94. The Bertz CT molecular complexity index is 472. The highest BCUT2D eigenvalue weighted by atomic mass is 16.3. The Kier molecular flexibility index (Phi) is 4.11. The third kappa shape index (κ3) is 2.34. The Labute approximate surface area is 141 Å². The van der Waals surface area contributed by atoms with E-state index in [2.05, 4.69) is 6.92 Å². The Hall–Kier alpha value is -0.370. The van der Waals surface area contributed by atoms with Gasteiger partial charge < -0.3 is 5.11 Å². The van der Waals surface area contributed by atoms with Gasteiger partial charge in [-0.05, 0) is 106 Å². The first-order valence-corrected chi connectivity index (χ1v) is 10.3. The minimum absolute atomic E-state index is 0.0281. The van der Waals surface area contributed by atoms with Gasteiger partial charge in [-0.3, -0.25) is 4.79 Å². The van der Waals surface area contributed by atoms with Gasteiger partial charge in [-0.25, -0.2) is 0 Å². The summed E-state index contributed by atoms with van der Waals surface area (Å²) in [6, 6.07) is 0. The van der Waals surface area contributed by atoms with E-state index in [4.69, 9.17) is 0 Å². The number of rotatable bonds is 2. The van der Waals surface area contributed by atoms with Crippen molar-refractivity contribution in [2.45, 2.75) is 84.2 Å². The molecule has 0 unspecified atom stereocenters. The van der Waals surface area contributed by atoms with Crippen molar-refractivity contribution >= 4 is 5.78 Å². The summed E-state index contributed by atoms with van der Waals surface area (Å²) >= 11 is 0. The lowest BCUT2D eigenvalue weighted by Crippen LogP contribution is -2.50. The molecule has 0 spiro atoms. The van der Waals surface area contributed by atoms with Crippen LogP contribution in [0.4, 0.5) is 0 Å². The summed E-state index contributed by atoms with van der Waals surface area (Å²) in [4.78, 5) is 12.3. The van der Waals surface area contributed by atoms with Crippen LogP contribution in [0.1, 0.15) is 78.1 Å². The third-order valence-corrected chi connectivity index (χ3v) is 8.79. The highest BCUT2D eigenvalue weighted by Crippen LogP contribution is 2.65. The highest BCUT2D eigenvalue weighted by Gasteiger charge is 2.59. The first-order chi connectivity index (χ1) is 11.1. The van der Waals surface area contributed by atoms with Gasteiger partial charge >= 0.3 is 0 Å². The van der Waals surface area contributed by atoms with Crippen LogP contribution in [0.15, 0.2) is 0 Å². The lowest BCUT2D eigenvalue weighted by atomic mass is 9.48. The lowest BCUT2D eigenvalue weighted by molar-refractivity contribution is -0.130. The maximum Gasteiger partial charge on any atom is 0.133 e. The van der Waals surface area contributed by atoms with Crippen LogP contribution in [-0.4, -0.2) is 17.0 Å². The minimum Gasteiger partial charge on any atom is -0.393 e. The van der Waals surface area contributed by atoms with Crippen molar-refractivity contribution in [1.82, 2.24) is 0 Å². The SMILES string of the molecule is CC[C@]12CC[C@H]3[C@@H](CC[C@H]4C[C@H](O)CC[C@@H]43)[C@@H]1CC[C@@H]2C(C)=O. The van der Waals surface area contributed by atoms with E-state index in [-0.39, 0.29) is 6.10 Å². The van der Waals surface area contributed by atoms with Crippen molar-refractivity contribution < 1.29 is 9.90 Å². The summed E-state index contributed by atoms with van der Waals surface area (Å²) < 4.78 is 0. The molecule has 0 amide bonds. The minimum atomic E-state index is -0.0281.